The van der Waals surface area contributed by atoms with Crippen LogP contribution in [0.1, 0.15) is 55.6 Å². The molecule has 0 aliphatic carbocycles. The normalized spacial score (nSPS) is 15.3. The molecule has 8 heteroatoms. The molecule has 1 fully saturated rings. The lowest BCUT2D eigenvalue weighted by atomic mass is 9.95. The third-order valence-corrected chi connectivity index (χ3v) is 5.56. The summed E-state index contributed by atoms with van der Waals surface area (Å²) >= 11 is 0. The Labute approximate surface area is 165 Å². The number of nitrogens with zero attached hydrogens (tertiary/aromatic N) is 8. The molecule has 1 saturated heterocycles. The fourth-order valence-corrected chi connectivity index (χ4v) is 4.01. The van der Waals surface area contributed by atoms with E-state index in [0.29, 0.717) is 12.5 Å². The van der Waals surface area contributed by atoms with Gasteiger partial charge in [-0.25, -0.2) is 15.0 Å². The van der Waals surface area contributed by atoms with E-state index in [-0.39, 0.29) is 0 Å². The zero-order chi connectivity index (χ0) is 19.5. The lowest BCUT2D eigenvalue weighted by Crippen LogP contribution is -2.35. The van der Waals surface area contributed by atoms with Crippen LogP contribution in [0.25, 0.3) is 0 Å². The fourth-order valence-electron chi connectivity index (χ4n) is 4.01. The zero-order valence-electron chi connectivity index (χ0n) is 16.9. The van der Waals surface area contributed by atoms with Gasteiger partial charge in [-0.3, -0.25) is 0 Å². The predicted molar refractivity (Wildman–Crippen MR) is 107 cm³/mol. The zero-order valence-corrected chi connectivity index (χ0v) is 16.9. The molecule has 3 aromatic rings. The van der Waals surface area contributed by atoms with E-state index in [2.05, 4.69) is 43.5 Å². The van der Waals surface area contributed by atoms with Crippen LogP contribution in [-0.2, 0) is 19.5 Å². The van der Waals surface area contributed by atoms with Gasteiger partial charge in [-0.15, -0.1) is 10.2 Å². The summed E-state index contributed by atoms with van der Waals surface area (Å²) in [6.45, 7) is 9.86. The topological polar surface area (TPSA) is 77.6 Å². The molecule has 1 aliphatic rings. The van der Waals surface area contributed by atoms with Gasteiger partial charge < -0.3 is 14.0 Å². The molecule has 0 bridgehead atoms. The highest BCUT2D eigenvalue weighted by atomic mass is 15.3. The van der Waals surface area contributed by atoms with Crippen LogP contribution < -0.4 is 4.90 Å². The molecule has 0 amide bonds. The third-order valence-electron chi connectivity index (χ3n) is 5.56. The van der Waals surface area contributed by atoms with Crippen molar-refractivity contribution in [1.82, 2.24) is 34.3 Å². The van der Waals surface area contributed by atoms with Gasteiger partial charge >= 0.3 is 0 Å². The van der Waals surface area contributed by atoms with E-state index in [1.807, 2.05) is 30.2 Å². The Bertz CT molecular complexity index is 906. The first-order valence-electron chi connectivity index (χ1n) is 10.1. The second-order valence-corrected chi connectivity index (χ2v) is 7.33. The van der Waals surface area contributed by atoms with Crippen LogP contribution in [0.2, 0.25) is 0 Å². The summed E-state index contributed by atoms with van der Waals surface area (Å²) in [5, 5.41) is 9.06. The first-order chi connectivity index (χ1) is 13.7. The number of aryl methyl sites for hydroxylation is 2. The van der Waals surface area contributed by atoms with E-state index in [1.54, 1.807) is 6.20 Å². The largest absolute Gasteiger partial charge is 0.356 e. The summed E-state index contributed by atoms with van der Waals surface area (Å²) in [5.41, 5.74) is 1.23. The lowest BCUT2D eigenvalue weighted by Gasteiger charge is -2.33. The van der Waals surface area contributed by atoms with Crippen LogP contribution in [0.4, 0.5) is 5.82 Å². The second-order valence-electron chi connectivity index (χ2n) is 7.33. The molecule has 0 N–H and O–H groups in total. The molecule has 0 atom stereocenters. The summed E-state index contributed by atoms with van der Waals surface area (Å²) in [6, 6.07) is 0. The quantitative estimate of drug-likeness (QED) is 0.654. The molecule has 4 heterocycles. The maximum absolute atomic E-state index is 4.72. The van der Waals surface area contributed by atoms with E-state index < -0.39 is 0 Å². The van der Waals surface area contributed by atoms with Gasteiger partial charge in [0.2, 0.25) is 0 Å². The SMILES string of the molecule is CCc1cnc(C)nc1N1CCC(c2nnc(Cn3ccnc3)n2CC)CC1. The predicted octanol–water partition coefficient (Wildman–Crippen LogP) is 2.59. The minimum Gasteiger partial charge on any atom is -0.356 e. The number of hydrogen-bond acceptors (Lipinski definition) is 6. The fraction of sp³-hybridized carbons (Fsp3) is 0.550. The standard InChI is InChI=1S/C20H28N8/c1-4-16-12-22-15(3)23-19(16)27-9-6-17(7-10-27)20-25-24-18(28(20)5-2)13-26-11-8-21-14-26/h8,11-12,14,17H,4-7,9-10,13H2,1-3H3. The minimum absolute atomic E-state index is 0.438. The highest BCUT2D eigenvalue weighted by molar-refractivity contribution is 5.46. The number of rotatable bonds is 6. The Kier molecular flexibility index (Phi) is 5.36. The van der Waals surface area contributed by atoms with Crippen molar-refractivity contribution in [3.05, 3.63) is 48.0 Å². The molecule has 0 unspecified atom stereocenters. The van der Waals surface area contributed by atoms with Crippen LogP contribution >= 0.6 is 0 Å². The summed E-state index contributed by atoms with van der Waals surface area (Å²) < 4.78 is 4.30. The molecular weight excluding hydrogens is 352 g/mol. The van der Waals surface area contributed by atoms with Crippen molar-refractivity contribution in [3.63, 3.8) is 0 Å². The monoisotopic (exact) mass is 380 g/mol. The van der Waals surface area contributed by atoms with Crippen molar-refractivity contribution in [2.75, 3.05) is 18.0 Å². The summed E-state index contributed by atoms with van der Waals surface area (Å²) in [5.74, 6) is 4.49. The van der Waals surface area contributed by atoms with Gasteiger partial charge in [-0.05, 0) is 33.1 Å². The lowest BCUT2D eigenvalue weighted by molar-refractivity contribution is 0.461. The number of imidazole rings is 1. The van der Waals surface area contributed by atoms with Crippen molar-refractivity contribution in [1.29, 1.82) is 0 Å². The molecule has 148 valence electrons. The van der Waals surface area contributed by atoms with Crippen molar-refractivity contribution in [2.45, 2.75) is 59.0 Å². The van der Waals surface area contributed by atoms with Crippen molar-refractivity contribution in [2.24, 2.45) is 0 Å². The van der Waals surface area contributed by atoms with Gasteiger partial charge in [-0.2, -0.15) is 0 Å². The molecule has 28 heavy (non-hydrogen) atoms. The Morgan fingerprint density at radius 3 is 2.64 bits per heavy atom. The van der Waals surface area contributed by atoms with Crippen LogP contribution in [0.3, 0.4) is 0 Å². The van der Waals surface area contributed by atoms with E-state index in [0.717, 1.165) is 62.2 Å². The van der Waals surface area contributed by atoms with Gasteiger partial charge in [0.15, 0.2) is 5.82 Å². The van der Waals surface area contributed by atoms with Crippen LogP contribution in [0.5, 0.6) is 0 Å². The van der Waals surface area contributed by atoms with Crippen molar-refractivity contribution < 1.29 is 0 Å². The third kappa shape index (κ3) is 3.63. The Morgan fingerprint density at radius 1 is 1.14 bits per heavy atom. The molecule has 0 spiro atoms. The van der Waals surface area contributed by atoms with Crippen LogP contribution in [0, 0.1) is 6.92 Å². The van der Waals surface area contributed by atoms with E-state index >= 15 is 0 Å². The summed E-state index contributed by atoms with van der Waals surface area (Å²) in [7, 11) is 0. The maximum Gasteiger partial charge on any atom is 0.153 e. The molecule has 4 rings (SSSR count). The molecule has 0 radical (unpaired) electrons. The first kappa shape index (κ1) is 18.6. The van der Waals surface area contributed by atoms with Gasteiger partial charge in [-0.1, -0.05) is 6.92 Å². The first-order valence-corrected chi connectivity index (χ1v) is 10.1. The number of hydrogen-bond donors (Lipinski definition) is 0. The Hall–Kier alpha value is -2.77. The molecule has 3 aromatic heterocycles. The van der Waals surface area contributed by atoms with Crippen molar-refractivity contribution >= 4 is 5.82 Å². The molecule has 1 aliphatic heterocycles. The average molecular weight is 381 g/mol. The van der Waals surface area contributed by atoms with Crippen LogP contribution in [0.15, 0.2) is 24.9 Å². The molecule has 0 saturated carbocycles. The minimum atomic E-state index is 0.438. The number of piperidine rings is 1. The highest BCUT2D eigenvalue weighted by Gasteiger charge is 2.27. The number of aromatic nitrogens is 7. The van der Waals surface area contributed by atoms with Gasteiger partial charge in [0.05, 0.1) is 12.9 Å². The summed E-state index contributed by atoms with van der Waals surface area (Å²) in [4.78, 5) is 15.6. The van der Waals surface area contributed by atoms with E-state index in [1.165, 1.54) is 5.56 Å². The van der Waals surface area contributed by atoms with Crippen LogP contribution in [-0.4, -0.2) is 47.4 Å². The average Bonchev–Trinajstić information content (AvgIpc) is 3.38. The van der Waals surface area contributed by atoms with E-state index in [9.17, 15) is 0 Å². The molecule has 8 nitrogen and oxygen atoms in total. The number of anilines is 1. The van der Waals surface area contributed by atoms with Gasteiger partial charge in [0, 0.05) is 49.7 Å². The van der Waals surface area contributed by atoms with E-state index in [4.69, 9.17) is 4.98 Å². The Morgan fingerprint density at radius 2 is 1.96 bits per heavy atom. The molecule has 0 aromatic carbocycles. The summed E-state index contributed by atoms with van der Waals surface area (Å²) in [6.07, 6.45) is 10.6. The molecular formula is C20H28N8. The maximum atomic E-state index is 4.72. The van der Waals surface area contributed by atoms with Gasteiger partial charge in [0.25, 0.3) is 0 Å². The highest BCUT2D eigenvalue weighted by Crippen LogP contribution is 2.30. The Balaban J connectivity index is 1.48. The van der Waals surface area contributed by atoms with Crippen molar-refractivity contribution in [3.8, 4) is 0 Å². The smallest absolute Gasteiger partial charge is 0.153 e. The van der Waals surface area contributed by atoms with Gasteiger partial charge in [0.1, 0.15) is 17.5 Å². The second kappa shape index (κ2) is 8.08.